The first-order valence-corrected chi connectivity index (χ1v) is 6.65. The van der Waals surface area contributed by atoms with Crippen molar-refractivity contribution in [2.24, 2.45) is 7.05 Å². The third kappa shape index (κ3) is 2.39. The van der Waals surface area contributed by atoms with Gasteiger partial charge in [0, 0.05) is 19.6 Å². The lowest BCUT2D eigenvalue weighted by Gasteiger charge is -2.23. The summed E-state index contributed by atoms with van der Waals surface area (Å²) in [5.74, 6) is 0. The van der Waals surface area contributed by atoms with Crippen molar-refractivity contribution >= 4 is 10.0 Å². The van der Waals surface area contributed by atoms with Crippen LogP contribution in [0.5, 0.6) is 0 Å². The second-order valence-corrected chi connectivity index (χ2v) is 5.52. The lowest BCUT2D eigenvalue weighted by Crippen LogP contribution is -2.45. The van der Waals surface area contributed by atoms with Crippen LogP contribution >= 0.6 is 0 Å². The summed E-state index contributed by atoms with van der Waals surface area (Å²) >= 11 is 0. The summed E-state index contributed by atoms with van der Waals surface area (Å²) in [6, 6.07) is -0.0475. The predicted molar refractivity (Wildman–Crippen MR) is 57.2 cm³/mol. The Labute approximate surface area is 94.3 Å². The van der Waals surface area contributed by atoms with Crippen LogP contribution in [-0.4, -0.2) is 42.5 Å². The van der Waals surface area contributed by atoms with Gasteiger partial charge in [-0.15, -0.1) is 5.10 Å². The fraction of sp³-hybridized carbons (Fsp3) is 0.750. The zero-order valence-corrected chi connectivity index (χ0v) is 9.87. The van der Waals surface area contributed by atoms with Crippen molar-refractivity contribution in [3.63, 3.8) is 0 Å². The summed E-state index contributed by atoms with van der Waals surface area (Å²) in [5, 5.41) is 10.4. The summed E-state index contributed by atoms with van der Waals surface area (Å²) in [5.41, 5.74) is 0. The molecule has 1 fully saturated rings. The minimum absolute atomic E-state index is 0.0475. The maximum atomic E-state index is 11.9. The van der Waals surface area contributed by atoms with Gasteiger partial charge in [-0.1, -0.05) is 5.21 Å². The Morgan fingerprint density at radius 2 is 2.44 bits per heavy atom. The molecule has 0 aromatic carbocycles. The number of sulfonamides is 1. The van der Waals surface area contributed by atoms with E-state index in [4.69, 9.17) is 0 Å². The molecule has 0 radical (unpaired) electrons. The van der Waals surface area contributed by atoms with Crippen molar-refractivity contribution in [1.29, 1.82) is 0 Å². The van der Waals surface area contributed by atoms with Crippen molar-refractivity contribution in [3.8, 4) is 0 Å². The van der Waals surface area contributed by atoms with E-state index < -0.39 is 10.0 Å². The fourth-order valence-electron chi connectivity index (χ4n) is 1.76. The van der Waals surface area contributed by atoms with Gasteiger partial charge in [0.2, 0.25) is 0 Å². The number of nitrogens with zero attached hydrogens (tertiary/aromatic N) is 3. The highest BCUT2D eigenvalue weighted by Crippen LogP contribution is 2.08. The summed E-state index contributed by atoms with van der Waals surface area (Å²) in [7, 11) is -1.94. The van der Waals surface area contributed by atoms with Crippen molar-refractivity contribution in [2.45, 2.75) is 23.9 Å². The third-order valence-electron chi connectivity index (χ3n) is 2.57. The van der Waals surface area contributed by atoms with Gasteiger partial charge in [-0.25, -0.2) is 17.8 Å². The molecule has 1 aliphatic rings. The molecule has 0 bridgehead atoms. The maximum absolute atomic E-state index is 11.9. The molecule has 1 atom stereocenters. The normalized spacial score (nSPS) is 22.2. The lowest BCUT2D eigenvalue weighted by atomic mass is 10.1. The Bertz CT molecular complexity index is 449. The topological polar surface area (TPSA) is 88.9 Å². The minimum atomic E-state index is -3.50. The molecule has 2 heterocycles. The Balaban J connectivity index is 2.11. The molecular formula is C8H15N5O2S. The van der Waals surface area contributed by atoms with Gasteiger partial charge < -0.3 is 5.32 Å². The first-order chi connectivity index (χ1) is 7.59. The average Bonchev–Trinajstić information content (AvgIpc) is 2.66. The zero-order chi connectivity index (χ0) is 11.6. The highest BCUT2D eigenvalue weighted by atomic mass is 32.2. The van der Waals surface area contributed by atoms with Crippen LogP contribution in [0.4, 0.5) is 0 Å². The van der Waals surface area contributed by atoms with Gasteiger partial charge in [-0.3, -0.25) is 0 Å². The molecule has 7 nitrogen and oxygen atoms in total. The van der Waals surface area contributed by atoms with E-state index in [0.29, 0.717) is 6.54 Å². The largest absolute Gasteiger partial charge is 0.315 e. The molecule has 0 aliphatic carbocycles. The van der Waals surface area contributed by atoms with Crippen LogP contribution in [0.15, 0.2) is 11.2 Å². The van der Waals surface area contributed by atoms with E-state index in [2.05, 4.69) is 20.4 Å². The molecule has 90 valence electrons. The summed E-state index contributed by atoms with van der Waals surface area (Å²) in [4.78, 5) is 0. The molecule has 1 aliphatic heterocycles. The van der Waals surface area contributed by atoms with E-state index in [-0.39, 0.29) is 11.1 Å². The summed E-state index contributed by atoms with van der Waals surface area (Å²) in [6.45, 7) is 1.62. The summed E-state index contributed by atoms with van der Waals surface area (Å²) < 4.78 is 27.8. The molecular weight excluding hydrogens is 230 g/mol. The Morgan fingerprint density at radius 1 is 1.62 bits per heavy atom. The lowest BCUT2D eigenvalue weighted by molar-refractivity contribution is 0.427. The van der Waals surface area contributed by atoms with Crippen molar-refractivity contribution < 1.29 is 8.42 Å². The van der Waals surface area contributed by atoms with Crippen molar-refractivity contribution in [3.05, 3.63) is 6.20 Å². The monoisotopic (exact) mass is 245 g/mol. The number of aromatic nitrogens is 3. The highest BCUT2D eigenvalue weighted by Gasteiger charge is 2.24. The number of nitrogens with one attached hydrogen (secondary N) is 2. The maximum Gasteiger partial charge on any atom is 0.259 e. The van der Waals surface area contributed by atoms with Crippen LogP contribution in [0.3, 0.4) is 0 Å². The van der Waals surface area contributed by atoms with Crippen LogP contribution in [-0.2, 0) is 17.1 Å². The van der Waals surface area contributed by atoms with E-state index in [1.54, 1.807) is 7.05 Å². The Kier molecular flexibility index (Phi) is 3.22. The number of hydrogen-bond donors (Lipinski definition) is 2. The first kappa shape index (κ1) is 11.5. The van der Waals surface area contributed by atoms with Crippen LogP contribution in [0.2, 0.25) is 0 Å². The Morgan fingerprint density at radius 3 is 3.00 bits per heavy atom. The van der Waals surface area contributed by atoms with E-state index >= 15 is 0 Å². The second-order valence-electron chi connectivity index (χ2n) is 3.86. The molecule has 2 N–H and O–H groups in total. The number of hydrogen-bond acceptors (Lipinski definition) is 5. The van der Waals surface area contributed by atoms with Gasteiger partial charge in [-0.05, 0) is 19.4 Å². The second kappa shape index (κ2) is 4.48. The number of rotatable bonds is 3. The molecule has 0 spiro atoms. The molecule has 0 amide bonds. The smallest absolute Gasteiger partial charge is 0.259 e. The van der Waals surface area contributed by atoms with E-state index in [0.717, 1.165) is 19.4 Å². The van der Waals surface area contributed by atoms with Gasteiger partial charge in [-0.2, -0.15) is 0 Å². The van der Waals surface area contributed by atoms with Crippen molar-refractivity contribution in [1.82, 2.24) is 25.0 Å². The Hall–Kier alpha value is -0.990. The molecule has 1 aromatic rings. The molecule has 16 heavy (non-hydrogen) atoms. The van der Waals surface area contributed by atoms with Crippen LogP contribution in [0.25, 0.3) is 0 Å². The van der Waals surface area contributed by atoms with Crippen molar-refractivity contribution in [2.75, 3.05) is 13.1 Å². The van der Waals surface area contributed by atoms with Crippen LogP contribution < -0.4 is 10.0 Å². The van der Waals surface area contributed by atoms with Gasteiger partial charge in [0.05, 0.1) is 6.20 Å². The first-order valence-electron chi connectivity index (χ1n) is 5.17. The van der Waals surface area contributed by atoms with E-state index in [1.807, 2.05) is 0 Å². The van der Waals surface area contributed by atoms with E-state index in [9.17, 15) is 8.42 Å². The molecule has 1 saturated heterocycles. The fourth-order valence-corrected chi connectivity index (χ4v) is 3.09. The SMILES string of the molecule is Cn1nncc1S(=O)(=O)N[C@@H]1CCCNC1. The molecule has 0 unspecified atom stereocenters. The quantitative estimate of drug-likeness (QED) is 0.701. The molecule has 0 saturated carbocycles. The van der Waals surface area contributed by atoms with E-state index in [1.165, 1.54) is 10.9 Å². The molecule has 1 aromatic heterocycles. The highest BCUT2D eigenvalue weighted by molar-refractivity contribution is 7.89. The van der Waals surface area contributed by atoms with Gasteiger partial charge in [0.15, 0.2) is 5.03 Å². The standard InChI is InChI=1S/C8H15N5O2S/c1-13-8(6-10-12-13)16(14,15)11-7-3-2-4-9-5-7/h6-7,9,11H,2-5H2,1H3/t7-/m1/s1. The summed E-state index contributed by atoms with van der Waals surface area (Å²) in [6.07, 6.45) is 3.09. The average molecular weight is 245 g/mol. The number of piperidine rings is 1. The third-order valence-corrected chi connectivity index (χ3v) is 4.13. The number of aryl methyl sites for hydroxylation is 1. The van der Waals surface area contributed by atoms with Gasteiger partial charge >= 0.3 is 0 Å². The molecule has 8 heteroatoms. The zero-order valence-electron chi connectivity index (χ0n) is 9.05. The van der Waals surface area contributed by atoms with Gasteiger partial charge in [0.25, 0.3) is 10.0 Å². The predicted octanol–water partition coefficient (Wildman–Crippen LogP) is -1.15. The van der Waals surface area contributed by atoms with Gasteiger partial charge in [0.1, 0.15) is 0 Å². The van der Waals surface area contributed by atoms with Crippen LogP contribution in [0.1, 0.15) is 12.8 Å². The molecule has 2 rings (SSSR count). The van der Waals surface area contributed by atoms with Crippen LogP contribution in [0, 0.1) is 0 Å². The minimum Gasteiger partial charge on any atom is -0.315 e.